The zero-order valence-electron chi connectivity index (χ0n) is 11.3. The van der Waals surface area contributed by atoms with E-state index >= 15 is 0 Å². The Hall–Kier alpha value is -0.120. The van der Waals surface area contributed by atoms with Crippen LogP contribution >= 0.6 is 0 Å². The molecule has 1 rings (SSSR count). The standard InChI is InChI=1S/C13H28N2O/c1-11(2)15(3)8-6-5-7-14-12-9-13(10-12)16-4/h11-14H,5-10H2,1-4H3. The largest absolute Gasteiger partial charge is 0.381 e. The third-order valence-electron chi connectivity index (χ3n) is 3.68. The first-order valence-electron chi connectivity index (χ1n) is 6.60. The lowest BCUT2D eigenvalue weighted by molar-refractivity contribution is 0.0174. The number of ether oxygens (including phenoxy) is 1. The van der Waals surface area contributed by atoms with E-state index in [9.17, 15) is 0 Å². The summed E-state index contributed by atoms with van der Waals surface area (Å²) in [7, 11) is 4.01. The maximum absolute atomic E-state index is 5.25. The van der Waals surface area contributed by atoms with Gasteiger partial charge in [-0.1, -0.05) is 0 Å². The van der Waals surface area contributed by atoms with Crippen molar-refractivity contribution in [2.75, 3.05) is 27.2 Å². The zero-order valence-corrected chi connectivity index (χ0v) is 11.3. The van der Waals surface area contributed by atoms with Gasteiger partial charge in [0.25, 0.3) is 0 Å². The van der Waals surface area contributed by atoms with Crippen molar-refractivity contribution in [2.24, 2.45) is 0 Å². The summed E-state index contributed by atoms with van der Waals surface area (Å²) >= 11 is 0. The number of unbranched alkanes of at least 4 members (excludes halogenated alkanes) is 1. The molecule has 0 atom stereocenters. The fourth-order valence-electron chi connectivity index (χ4n) is 1.98. The van der Waals surface area contributed by atoms with E-state index in [0.717, 1.165) is 6.54 Å². The van der Waals surface area contributed by atoms with Gasteiger partial charge in [0.1, 0.15) is 0 Å². The zero-order chi connectivity index (χ0) is 12.0. The molecule has 3 nitrogen and oxygen atoms in total. The highest BCUT2D eigenvalue weighted by Crippen LogP contribution is 2.22. The molecule has 96 valence electrons. The monoisotopic (exact) mass is 228 g/mol. The van der Waals surface area contributed by atoms with E-state index in [2.05, 4.69) is 31.1 Å². The minimum atomic E-state index is 0.518. The highest BCUT2D eigenvalue weighted by Gasteiger charge is 2.27. The maximum Gasteiger partial charge on any atom is 0.0601 e. The van der Waals surface area contributed by atoms with Crippen molar-refractivity contribution in [3.63, 3.8) is 0 Å². The van der Waals surface area contributed by atoms with E-state index in [-0.39, 0.29) is 0 Å². The van der Waals surface area contributed by atoms with Gasteiger partial charge in [0.2, 0.25) is 0 Å². The Morgan fingerprint density at radius 3 is 2.56 bits per heavy atom. The Labute approximate surface area is 101 Å². The molecule has 3 heteroatoms. The average Bonchev–Trinajstić information content (AvgIpc) is 2.19. The molecule has 0 amide bonds. The average molecular weight is 228 g/mol. The second-order valence-electron chi connectivity index (χ2n) is 5.26. The summed E-state index contributed by atoms with van der Waals surface area (Å²) in [6.07, 6.45) is 5.49. The highest BCUT2D eigenvalue weighted by molar-refractivity contribution is 4.85. The van der Waals surface area contributed by atoms with Crippen molar-refractivity contribution in [1.82, 2.24) is 10.2 Å². The number of hydrogen-bond acceptors (Lipinski definition) is 3. The molecule has 16 heavy (non-hydrogen) atoms. The van der Waals surface area contributed by atoms with Crippen LogP contribution in [-0.4, -0.2) is 50.3 Å². The van der Waals surface area contributed by atoms with Crippen molar-refractivity contribution in [3.05, 3.63) is 0 Å². The Morgan fingerprint density at radius 2 is 2.00 bits per heavy atom. The molecular weight excluding hydrogens is 200 g/mol. The number of methoxy groups -OCH3 is 1. The van der Waals surface area contributed by atoms with Crippen LogP contribution in [0.5, 0.6) is 0 Å². The van der Waals surface area contributed by atoms with Gasteiger partial charge in [-0.2, -0.15) is 0 Å². The van der Waals surface area contributed by atoms with Crippen molar-refractivity contribution in [2.45, 2.75) is 57.7 Å². The predicted molar refractivity (Wildman–Crippen MR) is 68.8 cm³/mol. The van der Waals surface area contributed by atoms with Crippen LogP contribution < -0.4 is 5.32 Å². The number of nitrogens with one attached hydrogen (secondary N) is 1. The number of hydrogen-bond donors (Lipinski definition) is 1. The van der Waals surface area contributed by atoms with E-state index in [1.165, 1.54) is 32.2 Å². The molecule has 1 aliphatic rings. The molecule has 0 saturated heterocycles. The molecule has 1 N–H and O–H groups in total. The first kappa shape index (κ1) is 13.9. The Morgan fingerprint density at radius 1 is 1.31 bits per heavy atom. The third kappa shape index (κ3) is 4.81. The smallest absolute Gasteiger partial charge is 0.0601 e. The summed E-state index contributed by atoms with van der Waals surface area (Å²) in [5.41, 5.74) is 0. The number of nitrogens with zero attached hydrogens (tertiary/aromatic N) is 1. The second kappa shape index (κ2) is 7.25. The van der Waals surface area contributed by atoms with Gasteiger partial charge in [0.05, 0.1) is 6.10 Å². The van der Waals surface area contributed by atoms with Crippen LogP contribution in [0.4, 0.5) is 0 Å². The molecule has 0 heterocycles. The van der Waals surface area contributed by atoms with Crippen LogP contribution in [0, 0.1) is 0 Å². The number of rotatable bonds is 8. The first-order valence-corrected chi connectivity index (χ1v) is 6.60. The highest BCUT2D eigenvalue weighted by atomic mass is 16.5. The van der Waals surface area contributed by atoms with Gasteiger partial charge in [-0.15, -0.1) is 0 Å². The first-order chi connectivity index (χ1) is 7.63. The molecular formula is C13H28N2O. The lowest BCUT2D eigenvalue weighted by atomic mass is 9.89. The van der Waals surface area contributed by atoms with E-state index in [4.69, 9.17) is 4.74 Å². The SMILES string of the molecule is COC1CC(NCCCCN(C)C(C)C)C1. The maximum atomic E-state index is 5.25. The van der Waals surface area contributed by atoms with E-state index in [1.54, 1.807) is 0 Å². The van der Waals surface area contributed by atoms with Gasteiger partial charge < -0.3 is 15.0 Å². The van der Waals surface area contributed by atoms with E-state index in [0.29, 0.717) is 18.2 Å². The Kier molecular flexibility index (Phi) is 6.32. The summed E-state index contributed by atoms with van der Waals surface area (Å²) in [5.74, 6) is 0. The van der Waals surface area contributed by atoms with E-state index < -0.39 is 0 Å². The predicted octanol–water partition coefficient (Wildman–Crippen LogP) is 1.87. The minimum Gasteiger partial charge on any atom is -0.381 e. The molecule has 0 spiro atoms. The van der Waals surface area contributed by atoms with Crippen LogP contribution in [0.25, 0.3) is 0 Å². The normalized spacial score (nSPS) is 25.1. The minimum absolute atomic E-state index is 0.518. The quantitative estimate of drug-likeness (QED) is 0.642. The van der Waals surface area contributed by atoms with Crippen LogP contribution in [0.2, 0.25) is 0 Å². The molecule has 0 aromatic heterocycles. The van der Waals surface area contributed by atoms with Crippen LogP contribution in [0.15, 0.2) is 0 Å². The Balaban J connectivity index is 1.86. The van der Waals surface area contributed by atoms with Crippen molar-refractivity contribution in [1.29, 1.82) is 0 Å². The summed E-state index contributed by atoms with van der Waals surface area (Å²) in [6.45, 7) is 6.87. The fourth-order valence-corrected chi connectivity index (χ4v) is 1.98. The third-order valence-corrected chi connectivity index (χ3v) is 3.68. The lowest BCUT2D eigenvalue weighted by Gasteiger charge is -2.34. The Bertz CT molecular complexity index is 179. The van der Waals surface area contributed by atoms with Gasteiger partial charge in [-0.05, 0) is 59.7 Å². The van der Waals surface area contributed by atoms with Crippen molar-refractivity contribution in [3.8, 4) is 0 Å². The summed E-state index contributed by atoms with van der Waals surface area (Å²) < 4.78 is 5.25. The molecule has 0 aliphatic heterocycles. The van der Waals surface area contributed by atoms with E-state index in [1.807, 2.05) is 7.11 Å². The van der Waals surface area contributed by atoms with Crippen LogP contribution in [0.1, 0.15) is 39.5 Å². The molecule has 0 aromatic carbocycles. The van der Waals surface area contributed by atoms with Gasteiger partial charge in [0.15, 0.2) is 0 Å². The molecule has 0 bridgehead atoms. The molecule has 0 aromatic rings. The van der Waals surface area contributed by atoms with Gasteiger partial charge in [0, 0.05) is 19.2 Å². The fraction of sp³-hybridized carbons (Fsp3) is 1.00. The summed E-state index contributed by atoms with van der Waals surface area (Å²) in [6, 6.07) is 1.38. The van der Waals surface area contributed by atoms with Gasteiger partial charge >= 0.3 is 0 Å². The molecule has 1 aliphatic carbocycles. The summed E-state index contributed by atoms with van der Waals surface area (Å²) in [5, 5.41) is 3.59. The van der Waals surface area contributed by atoms with Crippen LogP contribution in [-0.2, 0) is 4.74 Å². The molecule has 1 fully saturated rings. The van der Waals surface area contributed by atoms with Crippen LogP contribution in [0.3, 0.4) is 0 Å². The molecule has 0 unspecified atom stereocenters. The second-order valence-corrected chi connectivity index (χ2v) is 5.26. The van der Waals surface area contributed by atoms with Crippen molar-refractivity contribution >= 4 is 0 Å². The lowest BCUT2D eigenvalue weighted by Crippen LogP contribution is -2.45. The van der Waals surface area contributed by atoms with Crippen molar-refractivity contribution < 1.29 is 4.74 Å². The molecule has 1 saturated carbocycles. The topological polar surface area (TPSA) is 24.5 Å². The van der Waals surface area contributed by atoms with Gasteiger partial charge in [-0.3, -0.25) is 0 Å². The molecule has 0 radical (unpaired) electrons. The van der Waals surface area contributed by atoms with Gasteiger partial charge in [-0.25, -0.2) is 0 Å². The summed E-state index contributed by atoms with van der Waals surface area (Å²) in [4.78, 5) is 2.41.